The average Bonchev–Trinajstić information content (AvgIpc) is 3.02. The number of nitrogens with two attached hydrogens (primary N) is 1. The zero-order valence-electron chi connectivity index (χ0n) is 14.3. The van der Waals surface area contributed by atoms with Crippen LogP contribution >= 0.6 is 23.2 Å². The number of methoxy groups -OCH3 is 1. The van der Waals surface area contributed by atoms with E-state index in [1.807, 2.05) is 0 Å². The predicted octanol–water partition coefficient (Wildman–Crippen LogP) is 3.24. The van der Waals surface area contributed by atoms with Gasteiger partial charge in [0.05, 0.1) is 27.6 Å². The molecule has 0 spiro atoms. The van der Waals surface area contributed by atoms with Gasteiger partial charge in [-0.2, -0.15) is 8.42 Å². The molecular formula is C17H13Cl2N3O5S. The van der Waals surface area contributed by atoms with Crippen LogP contribution in [-0.2, 0) is 10.0 Å². The van der Waals surface area contributed by atoms with Crippen molar-refractivity contribution in [3.05, 3.63) is 64.1 Å². The second kappa shape index (κ2) is 7.70. The molecule has 2 N–H and O–H groups in total. The Bertz CT molecular complexity index is 1120. The van der Waals surface area contributed by atoms with Crippen LogP contribution in [0, 0.1) is 0 Å². The summed E-state index contributed by atoms with van der Waals surface area (Å²) in [5, 5.41) is 3.93. The number of rotatable bonds is 5. The van der Waals surface area contributed by atoms with Crippen LogP contribution in [0.4, 0.5) is 5.82 Å². The summed E-state index contributed by atoms with van der Waals surface area (Å²) in [6.07, 6.45) is 0. The molecule has 1 aromatic heterocycles. The third-order valence-electron chi connectivity index (χ3n) is 3.63. The zero-order valence-corrected chi connectivity index (χ0v) is 16.6. The maximum absolute atomic E-state index is 12.7. The number of nitrogens with zero attached hydrogens (tertiary/aromatic N) is 2. The van der Waals surface area contributed by atoms with Crippen molar-refractivity contribution < 1.29 is 22.7 Å². The minimum atomic E-state index is -4.11. The van der Waals surface area contributed by atoms with Gasteiger partial charge in [0, 0.05) is 6.07 Å². The largest absolute Gasteiger partial charge is 0.497 e. The summed E-state index contributed by atoms with van der Waals surface area (Å²) >= 11 is 11.9. The molecule has 0 atom stereocenters. The molecule has 0 bridgehead atoms. The van der Waals surface area contributed by atoms with Crippen LogP contribution in [-0.4, -0.2) is 30.7 Å². The van der Waals surface area contributed by atoms with Gasteiger partial charge in [-0.3, -0.25) is 0 Å². The smallest absolute Gasteiger partial charge is 0.347 e. The molecule has 28 heavy (non-hydrogen) atoms. The van der Waals surface area contributed by atoms with Gasteiger partial charge in [-0.15, -0.1) is 9.19 Å². The van der Waals surface area contributed by atoms with Gasteiger partial charge in [0.1, 0.15) is 11.6 Å². The Morgan fingerprint density at radius 1 is 1.11 bits per heavy atom. The van der Waals surface area contributed by atoms with Crippen LogP contribution in [0.25, 0.3) is 0 Å². The Kier molecular flexibility index (Phi) is 5.50. The van der Waals surface area contributed by atoms with Crippen LogP contribution in [0.2, 0.25) is 10.0 Å². The molecule has 3 aromatic rings. The van der Waals surface area contributed by atoms with Gasteiger partial charge >= 0.3 is 5.97 Å². The van der Waals surface area contributed by atoms with Crippen molar-refractivity contribution in [3.8, 4) is 11.6 Å². The van der Waals surface area contributed by atoms with Crippen LogP contribution in [0.3, 0.4) is 0 Å². The van der Waals surface area contributed by atoms with Gasteiger partial charge in [-0.1, -0.05) is 29.3 Å². The van der Waals surface area contributed by atoms with E-state index in [-0.39, 0.29) is 32.2 Å². The Morgan fingerprint density at radius 3 is 2.29 bits per heavy atom. The molecule has 1 heterocycles. The summed E-state index contributed by atoms with van der Waals surface area (Å²) in [6.45, 7) is 0. The second-order valence-electron chi connectivity index (χ2n) is 5.42. The van der Waals surface area contributed by atoms with E-state index in [1.165, 1.54) is 43.5 Å². The highest BCUT2D eigenvalue weighted by Gasteiger charge is 2.24. The summed E-state index contributed by atoms with van der Waals surface area (Å²) in [5.74, 6) is -0.986. The first-order chi connectivity index (χ1) is 13.2. The molecule has 0 amide bonds. The number of ether oxygens (including phenoxy) is 2. The normalized spacial score (nSPS) is 11.2. The number of benzene rings is 2. The molecule has 11 heteroatoms. The van der Waals surface area contributed by atoms with Crippen LogP contribution in [0.1, 0.15) is 10.4 Å². The second-order valence-corrected chi connectivity index (χ2v) is 8.00. The Morgan fingerprint density at radius 2 is 1.71 bits per heavy atom. The van der Waals surface area contributed by atoms with E-state index >= 15 is 0 Å². The quantitative estimate of drug-likeness (QED) is 0.604. The van der Waals surface area contributed by atoms with Gasteiger partial charge in [0.2, 0.25) is 5.88 Å². The molecule has 0 fully saturated rings. The maximum atomic E-state index is 12.7. The first-order valence-corrected chi connectivity index (χ1v) is 9.85. The molecule has 0 saturated carbocycles. The predicted molar refractivity (Wildman–Crippen MR) is 104 cm³/mol. The van der Waals surface area contributed by atoms with Crippen molar-refractivity contribution in [1.29, 1.82) is 0 Å². The monoisotopic (exact) mass is 441 g/mol. The van der Waals surface area contributed by atoms with E-state index in [0.29, 0.717) is 9.84 Å². The summed E-state index contributed by atoms with van der Waals surface area (Å²) in [4.78, 5) is 12.2. The molecule has 8 nitrogen and oxygen atoms in total. The number of aromatic nitrogens is 2. The van der Waals surface area contributed by atoms with Crippen molar-refractivity contribution in [2.24, 2.45) is 0 Å². The fourth-order valence-corrected chi connectivity index (χ4v) is 4.04. The molecule has 0 aliphatic carbocycles. The number of hydrogen-bond acceptors (Lipinski definition) is 7. The van der Waals surface area contributed by atoms with E-state index in [2.05, 4.69) is 5.10 Å². The summed E-state index contributed by atoms with van der Waals surface area (Å²) in [7, 11) is -2.65. The van der Waals surface area contributed by atoms with Crippen LogP contribution in [0.5, 0.6) is 11.6 Å². The van der Waals surface area contributed by atoms with Gasteiger partial charge in [0.25, 0.3) is 10.0 Å². The third kappa shape index (κ3) is 3.77. The van der Waals surface area contributed by atoms with Crippen molar-refractivity contribution in [2.75, 3.05) is 12.8 Å². The van der Waals surface area contributed by atoms with E-state index in [9.17, 15) is 13.2 Å². The van der Waals surface area contributed by atoms with Crippen molar-refractivity contribution in [3.63, 3.8) is 0 Å². The highest BCUT2D eigenvalue weighted by Crippen LogP contribution is 2.27. The lowest BCUT2D eigenvalue weighted by molar-refractivity contribution is 0.0727. The third-order valence-corrected chi connectivity index (χ3v) is 5.88. The van der Waals surface area contributed by atoms with Gasteiger partial charge < -0.3 is 15.2 Å². The Labute approximate surface area is 170 Å². The summed E-state index contributed by atoms with van der Waals surface area (Å²) in [6, 6.07) is 11.2. The fraction of sp³-hybridized carbons (Fsp3) is 0.0588. The molecule has 2 aromatic carbocycles. The van der Waals surface area contributed by atoms with Gasteiger partial charge in [0.15, 0.2) is 0 Å². The standard InChI is InChI=1S/C17H13Cl2N3O5S/c1-26-10-5-7-11(8-6-10)28(24,25)22-14(20)9-15(21-22)27-17(23)16-12(18)3-2-4-13(16)19/h2-9H,20H2,1H3. The molecule has 0 unspecified atom stereocenters. The summed E-state index contributed by atoms with van der Waals surface area (Å²) in [5.41, 5.74) is 5.68. The molecule has 0 aliphatic rings. The highest BCUT2D eigenvalue weighted by molar-refractivity contribution is 7.90. The summed E-state index contributed by atoms with van der Waals surface area (Å²) < 4.78 is 36.1. The van der Waals surface area contributed by atoms with E-state index in [1.54, 1.807) is 6.07 Å². The minimum absolute atomic E-state index is 0.0723. The van der Waals surface area contributed by atoms with Crippen molar-refractivity contribution >= 4 is 45.0 Å². The molecular weight excluding hydrogens is 429 g/mol. The fourth-order valence-electron chi connectivity index (χ4n) is 2.29. The van der Waals surface area contributed by atoms with E-state index in [0.717, 1.165) is 6.07 Å². The minimum Gasteiger partial charge on any atom is -0.497 e. The maximum Gasteiger partial charge on any atom is 0.347 e. The number of halogens is 2. The van der Waals surface area contributed by atoms with Crippen molar-refractivity contribution in [2.45, 2.75) is 4.90 Å². The molecule has 0 aliphatic heterocycles. The van der Waals surface area contributed by atoms with Gasteiger partial charge in [-0.05, 0) is 36.4 Å². The zero-order chi connectivity index (χ0) is 20.5. The Hall–Kier alpha value is -2.75. The molecule has 0 radical (unpaired) electrons. The lowest BCUT2D eigenvalue weighted by Crippen LogP contribution is -2.17. The first-order valence-electron chi connectivity index (χ1n) is 7.65. The van der Waals surface area contributed by atoms with Crippen LogP contribution < -0.4 is 15.2 Å². The molecule has 3 rings (SSSR count). The van der Waals surface area contributed by atoms with Crippen molar-refractivity contribution in [1.82, 2.24) is 9.19 Å². The SMILES string of the molecule is COc1ccc(S(=O)(=O)n2nc(OC(=O)c3c(Cl)cccc3Cl)cc2N)cc1. The number of carbonyl (C=O) groups excluding carboxylic acids is 1. The van der Waals surface area contributed by atoms with Gasteiger partial charge in [-0.25, -0.2) is 4.79 Å². The van der Waals surface area contributed by atoms with E-state index in [4.69, 9.17) is 38.4 Å². The molecule has 0 saturated heterocycles. The highest BCUT2D eigenvalue weighted by atomic mass is 35.5. The first kappa shape index (κ1) is 20.0. The van der Waals surface area contributed by atoms with E-state index < -0.39 is 16.0 Å². The number of carbonyl (C=O) groups is 1. The number of hydrogen-bond donors (Lipinski definition) is 1. The number of esters is 1. The lowest BCUT2D eigenvalue weighted by Gasteiger charge is -2.07. The molecule has 146 valence electrons. The topological polar surface area (TPSA) is 114 Å². The van der Waals surface area contributed by atoms with Crippen LogP contribution in [0.15, 0.2) is 53.4 Å². The average molecular weight is 442 g/mol. The number of nitrogen functional groups attached to an aromatic ring is 1. The Balaban J connectivity index is 1.91. The lowest BCUT2D eigenvalue weighted by atomic mass is 10.2. The number of anilines is 1.